The minimum atomic E-state index is -0.335. The molecule has 0 spiro atoms. The number of benzene rings is 6. The number of anilines is 2. The van der Waals surface area contributed by atoms with Crippen molar-refractivity contribution in [3.05, 3.63) is 115 Å². The van der Waals surface area contributed by atoms with E-state index in [9.17, 15) is 0 Å². The van der Waals surface area contributed by atoms with E-state index in [0.717, 1.165) is 28.3 Å². The van der Waals surface area contributed by atoms with E-state index < -0.39 is 0 Å². The highest BCUT2D eigenvalue weighted by Crippen LogP contribution is 2.47. The summed E-state index contributed by atoms with van der Waals surface area (Å²) >= 11 is 0. The molecule has 4 aliphatic heterocycles. The molecule has 4 heterocycles. The molecule has 4 aliphatic rings. The van der Waals surface area contributed by atoms with Crippen LogP contribution < -0.4 is 36.1 Å². The molecule has 0 aliphatic carbocycles. The molecule has 0 N–H and O–H groups in total. The maximum Gasteiger partial charge on any atom is 0.566 e. The zero-order valence-corrected chi connectivity index (χ0v) is 20.9. The summed E-state index contributed by atoms with van der Waals surface area (Å²) < 4.78 is 16.3. The van der Waals surface area contributed by atoms with Crippen LogP contribution in [0.5, 0.6) is 17.2 Å². The van der Waals surface area contributed by atoms with Crippen molar-refractivity contribution in [3.8, 4) is 17.2 Å². The highest BCUT2D eigenvalue weighted by atomic mass is 16.5. The van der Waals surface area contributed by atoms with Gasteiger partial charge in [0, 0.05) is 22.2 Å². The summed E-state index contributed by atoms with van der Waals surface area (Å²) in [5, 5.41) is 4.89. The Morgan fingerprint density at radius 1 is 0.513 bits per heavy atom. The summed E-state index contributed by atoms with van der Waals surface area (Å²) in [5.41, 5.74) is 7.32. The smallest absolute Gasteiger partial charge is 0.528 e. The molecule has 0 atom stereocenters. The van der Waals surface area contributed by atoms with Gasteiger partial charge in [-0.25, -0.2) is 0 Å². The highest BCUT2D eigenvalue weighted by Gasteiger charge is 2.59. The monoisotopic (exact) mass is 496 g/mol. The van der Waals surface area contributed by atoms with Gasteiger partial charge in [-0.05, 0) is 52.0 Å². The van der Waals surface area contributed by atoms with Gasteiger partial charge in [0.05, 0.1) is 0 Å². The lowest BCUT2D eigenvalue weighted by atomic mass is 9.28. The van der Waals surface area contributed by atoms with Gasteiger partial charge in [-0.3, -0.25) is 0 Å². The van der Waals surface area contributed by atoms with Crippen LogP contribution in [0.25, 0.3) is 21.5 Å². The molecule has 7 heteroatoms. The second kappa shape index (κ2) is 7.07. The minimum Gasteiger partial charge on any atom is -0.528 e. The lowest BCUT2D eigenvalue weighted by Gasteiger charge is -2.53. The molecule has 10 rings (SSSR count). The summed E-state index contributed by atoms with van der Waals surface area (Å²) in [4.78, 5) is 2.39. The van der Waals surface area contributed by atoms with Crippen molar-refractivity contribution >= 4 is 75.7 Å². The lowest BCUT2D eigenvalue weighted by molar-refractivity contribution is 0.484. The molecule has 0 fully saturated rings. The number of fused-ring (bicyclic) bond motifs is 4. The van der Waals surface area contributed by atoms with Gasteiger partial charge >= 0.3 is 7.19 Å². The SMILES string of the molecule is c1ccc(B2c3cccc4ccc5c(c34)B3c4c(cccc4N4B(Oc6cccc7cccc4c67)N23)O5)cc1. The average molecular weight is 496 g/mol. The molecule has 178 valence electrons. The summed E-state index contributed by atoms with van der Waals surface area (Å²) in [7, 11) is -0.335. The Kier molecular flexibility index (Phi) is 3.69. The first-order valence-corrected chi connectivity index (χ1v) is 13.5. The zero-order valence-electron chi connectivity index (χ0n) is 20.9. The van der Waals surface area contributed by atoms with E-state index in [1.807, 2.05) is 0 Å². The molecule has 0 saturated heterocycles. The first-order chi connectivity index (χ1) is 19.4. The Balaban J connectivity index is 1.37. The Bertz CT molecular complexity index is 2030. The fourth-order valence-electron chi connectivity index (χ4n) is 7.54. The normalized spacial score (nSPS) is 15.8. The maximum atomic E-state index is 7.07. The summed E-state index contributed by atoms with van der Waals surface area (Å²) in [6.45, 7) is -0.00612. The van der Waals surface area contributed by atoms with E-state index in [0.29, 0.717) is 0 Å². The zero-order chi connectivity index (χ0) is 25.2. The molecular weight excluding hydrogens is 477 g/mol. The summed E-state index contributed by atoms with van der Waals surface area (Å²) in [6, 6.07) is 41.3. The minimum absolute atomic E-state index is 0.000999. The fraction of sp³-hybridized carbons (Fsp3) is 0. The van der Waals surface area contributed by atoms with E-state index in [4.69, 9.17) is 9.39 Å². The van der Waals surface area contributed by atoms with Crippen LogP contribution in [0.1, 0.15) is 0 Å². The lowest BCUT2D eigenvalue weighted by Crippen LogP contribution is -2.82. The molecule has 0 saturated carbocycles. The molecule has 4 nitrogen and oxygen atoms in total. The van der Waals surface area contributed by atoms with E-state index >= 15 is 0 Å². The maximum absolute atomic E-state index is 7.07. The number of hydrogen-bond donors (Lipinski definition) is 0. The second-order valence-corrected chi connectivity index (χ2v) is 10.8. The van der Waals surface area contributed by atoms with Crippen LogP contribution in [0.3, 0.4) is 0 Å². The van der Waals surface area contributed by atoms with Crippen molar-refractivity contribution in [3.63, 3.8) is 0 Å². The van der Waals surface area contributed by atoms with Crippen molar-refractivity contribution in [2.75, 3.05) is 4.81 Å². The number of hydrogen-bond acceptors (Lipinski definition) is 4. The molecule has 6 aromatic carbocycles. The number of ether oxygens (including phenoxy) is 1. The van der Waals surface area contributed by atoms with Gasteiger partial charge in [0.25, 0.3) is 13.7 Å². The van der Waals surface area contributed by atoms with Crippen molar-refractivity contribution < 1.29 is 9.39 Å². The quantitative estimate of drug-likeness (QED) is 0.320. The van der Waals surface area contributed by atoms with Crippen LogP contribution in [-0.2, 0) is 0 Å². The molecule has 0 bridgehead atoms. The second-order valence-electron chi connectivity index (χ2n) is 10.8. The standard InChI is InChI=1S/C32H19B3N2O2/c1-2-11-22(12-3-1)33-23-13-4-8-21-18-19-28-32(29(21)23)34-31-25(15-7-17-27(31)38-28)36-24-14-5-9-20-10-6-16-26(30(20)24)39-35(36)37(33)34/h1-19H. The largest absolute Gasteiger partial charge is 0.566 e. The molecule has 0 aromatic heterocycles. The summed E-state index contributed by atoms with van der Waals surface area (Å²) in [5.74, 6) is 2.79. The van der Waals surface area contributed by atoms with Crippen LogP contribution in [-0.4, -0.2) is 25.5 Å². The van der Waals surface area contributed by atoms with Crippen LogP contribution in [0, 0.1) is 0 Å². The predicted molar refractivity (Wildman–Crippen MR) is 161 cm³/mol. The van der Waals surface area contributed by atoms with Gasteiger partial charge in [0.15, 0.2) is 0 Å². The van der Waals surface area contributed by atoms with Crippen molar-refractivity contribution in [2.45, 2.75) is 0 Å². The molecule has 0 amide bonds. The van der Waals surface area contributed by atoms with Gasteiger partial charge in [0.1, 0.15) is 17.2 Å². The van der Waals surface area contributed by atoms with Gasteiger partial charge in [-0.2, -0.15) is 0 Å². The number of nitrogens with zero attached hydrogens (tertiary/aromatic N) is 2. The van der Waals surface area contributed by atoms with E-state index in [-0.39, 0.29) is 20.9 Å². The van der Waals surface area contributed by atoms with Crippen molar-refractivity contribution in [1.82, 2.24) is 4.63 Å². The topological polar surface area (TPSA) is 24.9 Å². The van der Waals surface area contributed by atoms with Crippen molar-refractivity contribution in [2.24, 2.45) is 0 Å². The number of rotatable bonds is 1. The van der Waals surface area contributed by atoms with Gasteiger partial charge in [0.2, 0.25) is 0 Å². The molecular formula is C32H19B3N2O2. The predicted octanol–water partition coefficient (Wildman–Crippen LogP) is 4.15. The Morgan fingerprint density at radius 2 is 1.23 bits per heavy atom. The Labute approximate surface area is 226 Å². The van der Waals surface area contributed by atoms with Crippen LogP contribution in [0.2, 0.25) is 0 Å². The Morgan fingerprint density at radius 3 is 2.13 bits per heavy atom. The van der Waals surface area contributed by atoms with E-state index in [1.165, 1.54) is 43.7 Å². The summed E-state index contributed by atoms with van der Waals surface area (Å²) in [6.07, 6.45) is 0. The Hall–Kier alpha value is -4.61. The van der Waals surface area contributed by atoms with Crippen LogP contribution in [0.4, 0.5) is 11.4 Å². The highest BCUT2D eigenvalue weighted by molar-refractivity contribution is 7.10. The van der Waals surface area contributed by atoms with E-state index in [2.05, 4.69) is 125 Å². The van der Waals surface area contributed by atoms with Gasteiger partial charge in [-0.1, -0.05) is 95.9 Å². The molecule has 6 aromatic rings. The third-order valence-electron chi connectivity index (χ3n) is 8.97. The molecule has 0 radical (unpaired) electrons. The first kappa shape index (κ1) is 20.4. The van der Waals surface area contributed by atoms with Crippen LogP contribution in [0.15, 0.2) is 115 Å². The average Bonchev–Trinajstić information content (AvgIpc) is 2.99. The van der Waals surface area contributed by atoms with Crippen LogP contribution >= 0.6 is 0 Å². The third-order valence-corrected chi connectivity index (χ3v) is 8.97. The molecule has 39 heavy (non-hydrogen) atoms. The third kappa shape index (κ3) is 2.43. The fourth-order valence-corrected chi connectivity index (χ4v) is 7.54. The van der Waals surface area contributed by atoms with Gasteiger partial charge in [-0.15, -0.1) is 0 Å². The molecule has 0 unspecified atom stereocenters. The first-order valence-electron chi connectivity index (χ1n) is 13.5. The van der Waals surface area contributed by atoms with Crippen molar-refractivity contribution in [1.29, 1.82) is 0 Å². The van der Waals surface area contributed by atoms with E-state index in [1.54, 1.807) is 0 Å². The van der Waals surface area contributed by atoms with Gasteiger partial charge < -0.3 is 18.8 Å².